The van der Waals surface area contributed by atoms with Crippen LogP contribution in [0.5, 0.6) is 0 Å². The van der Waals surface area contributed by atoms with Crippen LogP contribution in [0.1, 0.15) is 11.5 Å². The molecule has 2 rings (SSSR count). The number of nitriles is 1. The van der Waals surface area contributed by atoms with Gasteiger partial charge >= 0.3 is 6.18 Å². The molecule has 0 aliphatic carbocycles. The second kappa shape index (κ2) is 5.02. The van der Waals surface area contributed by atoms with E-state index in [-0.39, 0.29) is 4.99 Å². The standard InChI is InChI=1S/C13H9F3N2S/c14-13(15,16)11-6-9(8-4-2-1-3-5-8)10(7-17)12(19)18-11/h1-6,9-10H,(H,18,19)/t9-,10+/m0/s1. The third kappa shape index (κ3) is 2.76. The van der Waals surface area contributed by atoms with Crippen LogP contribution in [0.4, 0.5) is 13.2 Å². The minimum absolute atomic E-state index is 0.0915. The highest BCUT2D eigenvalue weighted by Crippen LogP contribution is 2.35. The molecule has 1 heterocycles. The van der Waals surface area contributed by atoms with Gasteiger partial charge in [0.15, 0.2) is 0 Å². The van der Waals surface area contributed by atoms with Gasteiger partial charge in [0.1, 0.15) is 11.6 Å². The van der Waals surface area contributed by atoms with Crippen molar-refractivity contribution in [2.75, 3.05) is 0 Å². The molecule has 2 nitrogen and oxygen atoms in total. The van der Waals surface area contributed by atoms with Crippen LogP contribution in [0.25, 0.3) is 0 Å². The molecule has 1 aliphatic heterocycles. The second-order valence-electron chi connectivity index (χ2n) is 4.11. The van der Waals surface area contributed by atoms with E-state index in [1.807, 2.05) is 6.07 Å². The zero-order valence-electron chi connectivity index (χ0n) is 9.61. The van der Waals surface area contributed by atoms with Crippen LogP contribution in [0.3, 0.4) is 0 Å². The Morgan fingerprint density at radius 1 is 1.21 bits per heavy atom. The Morgan fingerprint density at radius 2 is 1.84 bits per heavy atom. The Morgan fingerprint density at radius 3 is 2.37 bits per heavy atom. The van der Waals surface area contributed by atoms with E-state index >= 15 is 0 Å². The van der Waals surface area contributed by atoms with E-state index in [1.54, 1.807) is 30.3 Å². The molecule has 0 saturated carbocycles. The number of allylic oxidation sites excluding steroid dienone is 2. The number of halogens is 3. The molecular weight excluding hydrogens is 273 g/mol. The molecular formula is C13H9F3N2S. The Kier molecular flexibility index (Phi) is 3.58. The van der Waals surface area contributed by atoms with Gasteiger partial charge in [-0.2, -0.15) is 18.4 Å². The number of hydrogen-bond acceptors (Lipinski definition) is 2. The summed E-state index contributed by atoms with van der Waals surface area (Å²) in [6.07, 6.45) is -3.48. The first-order valence-electron chi connectivity index (χ1n) is 5.48. The van der Waals surface area contributed by atoms with Crippen LogP contribution in [0.2, 0.25) is 0 Å². The first-order chi connectivity index (χ1) is 8.93. The highest BCUT2D eigenvalue weighted by molar-refractivity contribution is 7.80. The van der Waals surface area contributed by atoms with Crippen LogP contribution in [-0.2, 0) is 0 Å². The van der Waals surface area contributed by atoms with Gasteiger partial charge in [0, 0.05) is 5.92 Å². The van der Waals surface area contributed by atoms with E-state index in [1.165, 1.54) is 0 Å². The fraction of sp³-hybridized carbons (Fsp3) is 0.231. The predicted octanol–water partition coefficient (Wildman–Crippen LogP) is 3.29. The van der Waals surface area contributed by atoms with Gasteiger partial charge in [-0.1, -0.05) is 42.5 Å². The molecule has 1 aromatic carbocycles. The molecule has 98 valence electrons. The molecule has 1 N–H and O–H groups in total. The first-order valence-corrected chi connectivity index (χ1v) is 5.88. The van der Waals surface area contributed by atoms with E-state index in [9.17, 15) is 13.2 Å². The van der Waals surface area contributed by atoms with Gasteiger partial charge in [-0.3, -0.25) is 0 Å². The molecule has 0 saturated heterocycles. The fourth-order valence-electron chi connectivity index (χ4n) is 1.96. The lowest BCUT2D eigenvalue weighted by atomic mass is 9.83. The summed E-state index contributed by atoms with van der Waals surface area (Å²) >= 11 is 4.87. The average Bonchev–Trinajstić information content (AvgIpc) is 2.37. The Balaban J connectivity index is 2.48. The summed E-state index contributed by atoms with van der Waals surface area (Å²) in [6, 6.07) is 10.5. The molecule has 0 radical (unpaired) electrons. The Labute approximate surface area is 113 Å². The maximum atomic E-state index is 12.8. The van der Waals surface area contributed by atoms with Crippen LogP contribution < -0.4 is 5.32 Å². The Bertz CT molecular complexity index is 557. The van der Waals surface area contributed by atoms with Crippen molar-refractivity contribution in [1.82, 2.24) is 5.32 Å². The van der Waals surface area contributed by atoms with E-state index < -0.39 is 23.7 Å². The van der Waals surface area contributed by atoms with Crippen molar-refractivity contribution in [2.45, 2.75) is 12.1 Å². The lowest BCUT2D eigenvalue weighted by molar-refractivity contribution is -0.0956. The minimum atomic E-state index is -4.50. The summed E-state index contributed by atoms with van der Waals surface area (Å²) in [6.45, 7) is 0. The zero-order chi connectivity index (χ0) is 14.0. The van der Waals surface area contributed by atoms with Crippen molar-refractivity contribution >= 4 is 17.2 Å². The number of rotatable bonds is 1. The highest BCUT2D eigenvalue weighted by atomic mass is 32.1. The predicted molar refractivity (Wildman–Crippen MR) is 68.2 cm³/mol. The fourth-order valence-corrected chi connectivity index (χ4v) is 2.27. The topological polar surface area (TPSA) is 35.8 Å². The summed E-state index contributed by atoms with van der Waals surface area (Å²) in [4.78, 5) is -0.0915. The quantitative estimate of drug-likeness (QED) is 0.803. The summed E-state index contributed by atoms with van der Waals surface area (Å²) in [7, 11) is 0. The zero-order valence-corrected chi connectivity index (χ0v) is 10.4. The van der Waals surface area contributed by atoms with Gasteiger partial charge in [-0.05, 0) is 11.6 Å². The molecule has 0 aromatic heterocycles. The number of nitrogens with zero attached hydrogens (tertiary/aromatic N) is 1. The van der Waals surface area contributed by atoms with Crippen molar-refractivity contribution < 1.29 is 13.2 Å². The molecule has 6 heteroatoms. The molecule has 0 unspecified atom stereocenters. The second-order valence-corrected chi connectivity index (χ2v) is 4.55. The lowest BCUT2D eigenvalue weighted by Gasteiger charge is -2.29. The van der Waals surface area contributed by atoms with Crippen LogP contribution in [-0.4, -0.2) is 11.2 Å². The minimum Gasteiger partial charge on any atom is -0.345 e. The molecule has 0 spiro atoms. The van der Waals surface area contributed by atoms with Gasteiger partial charge in [-0.15, -0.1) is 0 Å². The van der Waals surface area contributed by atoms with Crippen molar-refractivity contribution in [2.24, 2.45) is 5.92 Å². The molecule has 0 amide bonds. The number of alkyl halides is 3. The smallest absolute Gasteiger partial charge is 0.345 e. The summed E-state index contributed by atoms with van der Waals surface area (Å²) in [5.41, 5.74) is -0.266. The van der Waals surface area contributed by atoms with Gasteiger partial charge in [-0.25, -0.2) is 0 Å². The van der Waals surface area contributed by atoms with Gasteiger partial charge in [0.05, 0.1) is 11.1 Å². The molecule has 1 aromatic rings. The number of nitrogens with one attached hydrogen (secondary N) is 1. The first kappa shape index (κ1) is 13.6. The van der Waals surface area contributed by atoms with Crippen molar-refractivity contribution in [3.8, 4) is 6.07 Å². The van der Waals surface area contributed by atoms with Crippen LogP contribution >= 0.6 is 12.2 Å². The largest absolute Gasteiger partial charge is 0.430 e. The molecule has 0 fully saturated rings. The SMILES string of the molecule is N#C[C@H]1C(=S)NC(C(F)(F)F)=C[C@H]1c1ccccc1. The molecule has 19 heavy (non-hydrogen) atoms. The van der Waals surface area contributed by atoms with Crippen molar-refractivity contribution in [3.63, 3.8) is 0 Å². The summed E-state index contributed by atoms with van der Waals surface area (Å²) < 4.78 is 38.3. The van der Waals surface area contributed by atoms with E-state index in [0.717, 1.165) is 6.08 Å². The number of hydrogen-bond donors (Lipinski definition) is 1. The van der Waals surface area contributed by atoms with E-state index in [0.29, 0.717) is 5.56 Å². The summed E-state index contributed by atoms with van der Waals surface area (Å²) in [5, 5.41) is 11.2. The molecule has 1 aliphatic rings. The van der Waals surface area contributed by atoms with E-state index in [4.69, 9.17) is 17.5 Å². The molecule has 2 atom stereocenters. The maximum Gasteiger partial charge on any atom is 0.430 e. The average molecular weight is 282 g/mol. The highest BCUT2D eigenvalue weighted by Gasteiger charge is 2.41. The Hall–Kier alpha value is -1.87. The van der Waals surface area contributed by atoms with Gasteiger partial charge in [0.25, 0.3) is 0 Å². The van der Waals surface area contributed by atoms with Crippen LogP contribution in [0.15, 0.2) is 42.1 Å². The monoisotopic (exact) mass is 282 g/mol. The van der Waals surface area contributed by atoms with Gasteiger partial charge in [0.2, 0.25) is 0 Å². The molecule has 0 bridgehead atoms. The third-order valence-corrected chi connectivity index (χ3v) is 3.23. The summed E-state index contributed by atoms with van der Waals surface area (Å²) in [5.74, 6) is -1.47. The number of thiocarbonyl (C=S) groups is 1. The lowest BCUT2D eigenvalue weighted by Crippen LogP contribution is -2.40. The van der Waals surface area contributed by atoms with Crippen molar-refractivity contribution in [1.29, 1.82) is 5.26 Å². The maximum absolute atomic E-state index is 12.8. The number of benzene rings is 1. The van der Waals surface area contributed by atoms with Gasteiger partial charge < -0.3 is 5.32 Å². The third-order valence-electron chi connectivity index (χ3n) is 2.87. The van der Waals surface area contributed by atoms with Crippen molar-refractivity contribution in [3.05, 3.63) is 47.7 Å². The normalized spacial score (nSPS) is 23.3. The van der Waals surface area contributed by atoms with E-state index in [2.05, 4.69) is 5.32 Å². The van der Waals surface area contributed by atoms with Crippen LogP contribution in [0, 0.1) is 17.2 Å².